The van der Waals surface area contributed by atoms with E-state index in [0.717, 1.165) is 32.3 Å². The molecule has 0 bridgehead atoms. The molecule has 0 N–H and O–H groups in total. The second-order valence-corrected chi connectivity index (χ2v) is 9.07. The van der Waals surface area contributed by atoms with Gasteiger partial charge in [-0.1, -0.05) is 15.9 Å². The van der Waals surface area contributed by atoms with Gasteiger partial charge in [0.25, 0.3) is 0 Å². The largest absolute Gasteiger partial charge is 0.375 e. The van der Waals surface area contributed by atoms with Crippen LogP contribution in [0.25, 0.3) is 0 Å². The van der Waals surface area contributed by atoms with Crippen LogP contribution in [0, 0.1) is 5.82 Å². The van der Waals surface area contributed by atoms with Gasteiger partial charge in [-0.25, -0.2) is 12.8 Å². The van der Waals surface area contributed by atoms with E-state index in [4.69, 9.17) is 4.74 Å². The third-order valence-electron chi connectivity index (χ3n) is 4.67. The fraction of sp³-hybridized carbons (Fsp3) is 0.600. The van der Waals surface area contributed by atoms with Crippen molar-refractivity contribution in [1.82, 2.24) is 0 Å². The Balaban J connectivity index is 1.80. The maximum absolute atomic E-state index is 14.0. The molecule has 1 heterocycles. The van der Waals surface area contributed by atoms with Gasteiger partial charge in [0.2, 0.25) is 0 Å². The molecule has 2 fully saturated rings. The quantitative estimate of drug-likeness (QED) is 0.786. The summed E-state index contributed by atoms with van der Waals surface area (Å²) >= 11 is 3.15. The van der Waals surface area contributed by atoms with Crippen LogP contribution in [0.5, 0.6) is 0 Å². The van der Waals surface area contributed by atoms with Gasteiger partial charge in [0.1, 0.15) is 10.7 Å². The molecule has 1 aliphatic heterocycles. The monoisotopic (exact) mass is 376 g/mol. The van der Waals surface area contributed by atoms with E-state index in [0.29, 0.717) is 17.3 Å². The van der Waals surface area contributed by atoms with Crippen molar-refractivity contribution in [3.8, 4) is 0 Å². The lowest BCUT2D eigenvalue weighted by Crippen LogP contribution is -2.38. The van der Waals surface area contributed by atoms with Crippen molar-refractivity contribution in [2.45, 2.75) is 54.3 Å². The van der Waals surface area contributed by atoms with E-state index in [1.165, 1.54) is 12.1 Å². The molecule has 0 amide bonds. The first-order valence-electron chi connectivity index (χ1n) is 7.26. The summed E-state index contributed by atoms with van der Waals surface area (Å²) in [5.74, 6) is -0.679. The minimum Gasteiger partial charge on any atom is -0.375 e. The first-order chi connectivity index (χ1) is 9.93. The lowest BCUT2D eigenvalue weighted by molar-refractivity contribution is -0.0236. The van der Waals surface area contributed by atoms with E-state index in [1.54, 1.807) is 6.07 Å². The summed E-state index contributed by atoms with van der Waals surface area (Å²) in [5, 5.41) is -0.497. The average molecular weight is 377 g/mol. The minimum absolute atomic E-state index is 0.107. The number of sulfone groups is 1. The molecule has 1 aromatic rings. The smallest absolute Gasteiger partial charge is 0.184 e. The second-order valence-electron chi connectivity index (χ2n) is 5.95. The fourth-order valence-corrected chi connectivity index (χ4v) is 5.60. The summed E-state index contributed by atoms with van der Waals surface area (Å²) in [6, 6.07) is 4.13. The zero-order valence-corrected chi connectivity index (χ0v) is 14.1. The molecule has 1 aromatic carbocycles. The van der Waals surface area contributed by atoms with Crippen LogP contribution in [0.15, 0.2) is 27.6 Å². The van der Waals surface area contributed by atoms with Crippen molar-refractivity contribution in [3.05, 3.63) is 28.5 Å². The van der Waals surface area contributed by atoms with Crippen molar-refractivity contribution >= 4 is 25.8 Å². The lowest BCUT2D eigenvalue weighted by Gasteiger charge is -2.36. The molecule has 1 saturated heterocycles. The first kappa shape index (κ1) is 15.4. The van der Waals surface area contributed by atoms with E-state index in [9.17, 15) is 12.8 Å². The van der Waals surface area contributed by atoms with Crippen molar-refractivity contribution in [2.24, 2.45) is 0 Å². The van der Waals surface area contributed by atoms with Crippen molar-refractivity contribution < 1.29 is 17.5 Å². The predicted octanol–water partition coefficient (Wildman–Crippen LogP) is 3.85. The van der Waals surface area contributed by atoms with E-state index in [2.05, 4.69) is 15.9 Å². The van der Waals surface area contributed by atoms with Gasteiger partial charge in [0, 0.05) is 11.1 Å². The predicted molar refractivity (Wildman–Crippen MR) is 81.5 cm³/mol. The molecule has 2 aliphatic rings. The SMILES string of the molecule is O=S(=O)(c1ccc(Br)cc1F)C1CCC2(CCCO2)CC1. The van der Waals surface area contributed by atoms with Gasteiger partial charge in [-0.3, -0.25) is 0 Å². The average Bonchev–Trinajstić information content (AvgIpc) is 2.87. The number of benzene rings is 1. The molecule has 1 spiro atoms. The highest BCUT2D eigenvalue weighted by Gasteiger charge is 2.43. The zero-order valence-electron chi connectivity index (χ0n) is 11.6. The maximum atomic E-state index is 14.0. The Morgan fingerprint density at radius 1 is 1.24 bits per heavy atom. The summed E-state index contributed by atoms with van der Waals surface area (Å²) in [5.41, 5.74) is -0.107. The Labute approximate surface area is 132 Å². The third-order valence-corrected chi connectivity index (χ3v) is 7.45. The van der Waals surface area contributed by atoms with Gasteiger partial charge < -0.3 is 4.74 Å². The highest BCUT2D eigenvalue weighted by Crippen LogP contribution is 2.42. The van der Waals surface area contributed by atoms with Crippen LogP contribution < -0.4 is 0 Å². The number of ether oxygens (including phenoxy) is 1. The van der Waals surface area contributed by atoms with Crippen molar-refractivity contribution in [1.29, 1.82) is 0 Å². The normalized spacial score (nSPS) is 29.9. The van der Waals surface area contributed by atoms with Gasteiger partial charge in [-0.15, -0.1) is 0 Å². The van der Waals surface area contributed by atoms with E-state index in [-0.39, 0.29) is 10.5 Å². The van der Waals surface area contributed by atoms with Crippen LogP contribution >= 0.6 is 15.9 Å². The molecule has 0 radical (unpaired) electrons. The van der Waals surface area contributed by atoms with Gasteiger partial charge in [0.05, 0.1) is 10.9 Å². The molecule has 116 valence electrons. The zero-order chi connectivity index (χ0) is 15.1. The summed E-state index contributed by atoms with van der Waals surface area (Å²) in [6.07, 6.45) is 4.70. The van der Waals surface area contributed by atoms with Crippen LogP contribution in [0.3, 0.4) is 0 Å². The highest BCUT2D eigenvalue weighted by atomic mass is 79.9. The molecule has 1 aliphatic carbocycles. The molecule has 0 aromatic heterocycles. The number of hydrogen-bond donors (Lipinski definition) is 0. The van der Waals surface area contributed by atoms with Gasteiger partial charge >= 0.3 is 0 Å². The minimum atomic E-state index is -3.61. The van der Waals surface area contributed by atoms with Gasteiger partial charge in [0.15, 0.2) is 9.84 Å². The Hall–Kier alpha value is -0.460. The summed E-state index contributed by atoms with van der Waals surface area (Å²) in [6.45, 7) is 0.777. The molecule has 6 heteroatoms. The summed E-state index contributed by atoms with van der Waals surface area (Å²) in [7, 11) is -3.61. The highest BCUT2D eigenvalue weighted by molar-refractivity contribution is 9.10. The van der Waals surface area contributed by atoms with Crippen LogP contribution in [-0.2, 0) is 14.6 Å². The molecular weight excluding hydrogens is 359 g/mol. The molecule has 0 atom stereocenters. The fourth-order valence-electron chi connectivity index (χ4n) is 3.46. The van der Waals surface area contributed by atoms with Crippen LogP contribution in [-0.4, -0.2) is 25.9 Å². The van der Waals surface area contributed by atoms with E-state index in [1.807, 2.05) is 0 Å². The first-order valence-corrected chi connectivity index (χ1v) is 9.60. The second kappa shape index (κ2) is 5.63. The van der Waals surface area contributed by atoms with Crippen molar-refractivity contribution in [2.75, 3.05) is 6.61 Å². The molecule has 3 nitrogen and oxygen atoms in total. The number of halogens is 2. The van der Waals surface area contributed by atoms with Crippen LogP contribution in [0.2, 0.25) is 0 Å². The third kappa shape index (κ3) is 2.90. The van der Waals surface area contributed by atoms with Crippen LogP contribution in [0.1, 0.15) is 38.5 Å². The Bertz CT molecular complexity index is 628. The molecule has 0 unspecified atom stereocenters. The maximum Gasteiger partial charge on any atom is 0.184 e. The Morgan fingerprint density at radius 3 is 2.52 bits per heavy atom. The Kier molecular flexibility index (Phi) is 4.14. The summed E-state index contributed by atoms with van der Waals surface area (Å²) in [4.78, 5) is -0.181. The topological polar surface area (TPSA) is 43.4 Å². The number of hydrogen-bond acceptors (Lipinski definition) is 3. The molecular formula is C15H18BrFO3S. The van der Waals surface area contributed by atoms with Crippen molar-refractivity contribution in [3.63, 3.8) is 0 Å². The van der Waals surface area contributed by atoms with Crippen LogP contribution in [0.4, 0.5) is 4.39 Å². The molecule has 1 saturated carbocycles. The standard InChI is InChI=1S/C15H18BrFO3S/c16-11-2-3-14(13(17)10-11)21(18,19)12-4-7-15(8-5-12)6-1-9-20-15/h2-3,10,12H,1,4-9H2. The molecule has 3 rings (SSSR count). The van der Waals surface area contributed by atoms with E-state index >= 15 is 0 Å². The Morgan fingerprint density at radius 2 is 1.95 bits per heavy atom. The number of rotatable bonds is 2. The van der Waals surface area contributed by atoms with Gasteiger partial charge in [-0.2, -0.15) is 0 Å². The lowest BCUT2D eigenvalue weighted by atomic mass is 9.83. The molecule has 21 heavy (non-hydrogen) atoms. The van der Waals surface area contributed by atoms with E-state index < -0.39 is 20.9 Å². The summed E-state index contributed by atoms with van der Waals surface area (Å²) < 4.78 is 45.6. The van der Waals surface area contributed by atoms with Gasteiger partial charge in [-0.05, 0) is 56.7 Å².